The smallest absolute Gasteiger partial charge is 0.134 e. The molecule has 0 saturated carbocycles. The van der Waals surface area contributed by atoms with Gasteiger partial charge in [0, 0.05) is 60.9 Å². The maximum absolute atomic E-state index is 6.65. The number of aryl methyl sites for hydroxylation is 1. The molecule has 15 rings (SSSR count). The second kappa shape index (κ2) is 18.4. The topological polar surface area (TPSA) is 27.9 Å². The van der Waals surface area contributed by atoms with Crippen molar-refractivity contribution in [2.24, 2.45) is 0 Å². The summed E-state index contributed by atoms with van der Waals surface area (Å²) in [6.45, 7) is 4.36. The largest absolute Gasteiger partial charge is 0.461 e. The predicted octanol–water partition coefficient (Wildman–Crippen LogP) is 20.0. The molecule has 0 fully saturated rings. The number of aromatic nitrogens is 3. The van der Waals surface area contributed by atoms with Gasteiger partial charge in [-0.25, -0.2) is 0 Å². The fraction of sp³-hybridized carbons (Fsp3) is 0.0541. The van der Waals surface area contributed by atoms with Crippen molar-refractivity contribution in [2.45, 2.75) is 26.2 Å². The third kappa shape index (κ3) is 7.51. The molecule has 14 aromatic rings. The first kappa shape index (κ1) is 45.5. The third-order valence-corrected chi connectivity index (χ3v) is 16.2. The summed E-state index contributed by atoms with van der Waals surface area (Å²) in [5, 5.41) is 7.21. The monoisotopic (exact) mass is 999 g/mol. The maximum Gasteiger partial charge on any atom is 0.134 e. The van der Waals surface area contributed by atoms with Crippen LogP contribution in [0.5, 0.6) is 0 Å². The standard InChI is InChI=1S/C74H53N3O/c1-48(41-66-49(2)78-72-40-36-58(45-67(66)72)57-28-18-27-56(44-57)55-26-17-25-54(43-55)53-24-16-23-52(42-53)50-19-6-3-7-20-50)75-71-47-61(37-39-65(71)73-64-32-13-15-34-69(64)77(74(73)75)60-29-10-5-11-30-60)76-68-33-14-12-31-62(68)63-38-35-59(46-70(63)76)51-21-8-4-9-22-51/h3-26,28-47,56H,27H2,1-2H3/b48-41+. The minimum atomic E-state index is 0.241. The minimum Gasteiger partial charge on any atom is -0.461 e. The molecule has 1 aliphatic carbocycles. The molecule has 4 nitrogen and oxygen atoms in total. The Morgan fingerprint density at radius 1 is 0.449 bits per heavy atom. The van der Waals surface area contributed by atoms with Crippen LogP contribution in [0.1, 0.15) is 41.7 Å². The highest BCUT2D eigenvalue weighted by Gasteiger charge is 2.25. The van der Waals surface area contributed by atoms with Crippen molar-refractivity contribution in [3.63, 3.8) is 0 Å². The van der Waals surface area contributed by atoms with Crippen LogP contribution < -0.4 is 0 Å². The lowest BCUT2D eigenvalue weighted by atomic mass is 9.86. The molecule has 4 heteroatoms. The van der Waals surface area contributed by atoms with Gasteiger partial charge in [-0.15, -0.1) is 0 Å². The van der Waals surface area contributed by atoms with Gasteiger partial charge in [0.1, 0.15) is 17.0 Å². The molecular formula is C74H53N3O. The second-order valence-corrected chi connectivity index (χ2v) is 20.9. The summed E-state index contributed by atoms with van der Waals surface area (Å²) in [5.74, 6) is 1.13. The molecule has 0 saturated heterocycles. The predicted molar refractivity (Wildman–Crippen MR) is 329 cm³/mol. The number of rotatable bonds is 9. The number of furan rings is 1. The number of nitrogens with zero attached hydrogens (tertiary/aromatic N) is 3. The van der Waals surface area contributed by atoms with E-state index in [1.165, 1.54) is 93.6 Å². The lowest BCUT2D eigenvalue weighted by molar-refractivity contribution is 0.577. The van der Waals surface area contributed by atoms with Gasteiger partial charge in [0.05, 0.1) is 22.1 Å². The Bertz CT molecular complexity index is 4770. The molecule has 0 radical (unpaired) electrons. The van der Waals surface area contributed by atoms with E-state index in [-0.39, 0.29) is 5.92 Å². The van der Waals surface area contributed by atoms with Crippen molar-refractivity contribution in [3.8, 4) is 44.8 Å². The van der Waals surface area contributed by atoms with E-state index in [4.69, 9.17) is 4.42 Å². The van der Waals surface area contributed by atoms with Crippen LogP contribution in [0.25, 0.3) is 128 Å². The molecule has 10 aromatic carbocycles. The number of para-hydroxylation sites is 3. The molecule has 0 spiro atoms. The van der Waals surface area contributed by atoms with Gasteiger partial charge in [-0.05, 0) is 137 Å². The Morgan fingerprint density at radius 3 is 1.81 bits per heavy atom. The highest BCUT2D eigenvalue weighted by molar-refractivity contribution is 6.23. The van der Waals surface area contributed by atoms with Crippen LogP contribution >= 0.6 is 0 Å². The summed E-state index contributed by atoms with van der Waals surface area (Å²) in [4.78, 5) is 0. The minimum absolute atomic E-state index is 0.241. The molecule has 1 atom stereocenters. The quantitative estimate of drug-likeness (QED) is 0.142. The van der Waals surface area contributed by atoms with Crippen LogP contribution in [-0.4, -0.2) is 13.7 Å². The van der Waals surface area contributed by atoms with E-state index >= 15 is 0 Å². The molecule has 0 amide bonds. The highest BCUT2D eigenvalue weighted by Crippen LogP contribution is 2.44. The van der Waals surface area contributed by atoms with Crippen molar-refractivity contribution in [1.82, 2.24) is 13.7 Å². The molecule has 0 N–H and O–H groups in total. The van der Waals surface area contributed by atoms with E-state index in [1.807, 2.05) is 0 Å². The summed E-state index contributed by atoms with van der Waals surface area (Å²) >= 11 is 0. The van der Waals surface area contributed by atoms with E-state index in [0.717, 1.165) is 56.9 Å². The number of fused-ring (bicyclic) bond motifs is 9. The molecular weight excluding hydrogens is 947 g/mol. The summed E-state index contributed by atoms with van der Waals surface area (Å²) in [5.41, 5.74) is 22.0. The van der Waals surface area contributed by atoms with E-state index in [2.05, 4.69) is 295 Å². The molecule has 78 heavy (non-hydrogen) atoms. The van der Waals surface area contributed by atoms with Gasteiger partial charge in [0.2, 0.25) is 0 Å². The van der Waals surface area contributed by atoms with E-state index < -0.39 is 0 Å². The molecule has 1 aliphatic rings. The molecule has 370 valence electrons. The number of benzene rings is 10. The van der Waals surface area contributed by atoms with Crippen molar-refractivity contribution in [3.05, 3.63) is 283 Å². The van der Waals surface area contributed by atoms with Gasteiger partial charge in [-0.2, -0.15) is 0 Å². The Hall–Kier alpha value is -9.90. The summed E-state index contributed by atoms with van der Waals surface area (Å²) in [6, 6.07) is 88.5. The van der Waals surface area contributed by atoms with Crippen molar-refractivity contribution in [2.75, 3.05) is 0 Å². The first-order chi connectivity index (χ1) is 38.5. The fourth-order valence-electron chi connectivity index (χ4n) is 12.6. The lowest BCUT2D eigenvalue weighted by Gasteiger charge is -2.19. The number of hydrogen-bond donors (Lipinski definition) is 0. The van der Waals surface area contributed by atoms with Crippen LogP contribution in [0.4, 0.5) is 0 Å². The second-order valence-electron chi connectivity index (χ2n) is 20.9. The zero-order chi connectivity index (χ0) is 51.8. The Kier molecular flexibility index (Phi) is 10.8. The Labute approximate surface area is 453 Å². The molecule has 0 bridgehead atoms. The van der Waals surface area contributed by atoms with Crippen LogP contribution in [0.2, 0.25) is 0 Å². The molecule has 1 unspecified atom stereocenters. The summed E-state index contributed by atoms with van der Waals surface area (Å²) < 4.78 is 14.0. The van der Waals surface area contributed by atoms with Gasteiger partial charge >= 0.3 is 0 Å². The van der Waals surface area contributed by atoms with Gasteiger partial charge in [0.15, 0.2) is 0 Å². The van der Waals surface area contributed by atoms with Gasteiger partial charge in [-0.1, -0.05) is 200 Å². The molecule has 4 aromatic heterocycles. The van der Waals surface area contributed by atoms with Crippen molar-refractivity contribution < 1.29 is 4.42 Å². The zero-order valence-electron chi connectivity index (χ0n) is 43.4. The van der Waals surface area contributed by atoms with Crippen LogP contribution in [0.15, 0.2) is 265 Å². The van der Waals surface area contributed by atoms with Gasteiger partial charge in [0.25, 0.3) is 0 Å². The first-order valence-corrected chi connectivity index (χ1v) is 27.1. The van der Waals surface area contributed by atoms with E-state index in [1.54, 1.807) is 0 Å². The molecule has 0 aliphatic heterocycles. The van der Waals surface area contributed by atoms with Crippen molar-refractivity contribution >= 4 is 83.0 Å². The first-order valence-electron chi connectivity index (χ1n) is 27.1. The van der Waals surface area contributed by atoms with Crippen LogP contribution in [0.3, 0.4) is 0 Å². The maximum atomic E-state index is 6.65. The normalized spacial score (nSPS) is 13.9. The highest BCUT2D eigenvalue weighted by atomic mass is 16.3. The molecule has 4 heterocycles. The summed E-state index contributed by atoms with van der Waals surface area (Å²) in [7, 11) is 0. The Morgan fingerprint density at radius 2 is 1.04 bits per heavy atom. The number of allylic oxidation sites excluding steroid dienone is 5. The Balaban J connectivity index is 0.879. The van der Waals surface area contributed by atoms with E-state index in [0.29, 0.717) is 0 Å². The lowest BCUT2D eigenvalue weighted by Crippen LogP contribution is -2.02. The van der Waals surface area contributed by atoms with Crippen LogP contribution in [0, 0.1) is 6.92 Å². The average Bonchev–Trinajstić information content (AvgIpc) is 4.16. The van der Waals surface area contributed by atoms with Crippen LogP contribution in [-0.2, 0) is 0 Å². The van der Waals surface area contributed by atoms with Gasteiger partial charge in [-0.3, -0.25) is 9.13 Å². The third-order valence-electron chi connectivity index (χ3n) is 16.2. The average molecular weight is 1000 g/mol. The van der Waals surface area contributed by atoms with Gasteiger partial charge < -0.3 is 8.98 Å². The SMILES string of the molecule is C/C(=C\c1c(C)oc2ccc(C3=CC(c4cccc(-c5cccc(-c6ccccc6)c5)c4)CC=C3)cc12)n1c2cc(-n3c4ccccc4c4ccc(-c5ccccc5)cc43)ccc2c2c3ccccc3n(-c3ccccc3)c21. The zero-order valence-corrected chi connectivity index (χ0v) is 43.4. The van der Waals surface area contributed by atoms with Crippen molar-refractivity contribution in [1.29, 1.82) is 0 Å². The van der Waals surface area contributed by atoms with E-state index in [9.17, 15) is 0 Å². The fourth-order valence-corrected chi connectivity index (χ4v) is 12.6. The summed E-state index contributed by atoms with van der Waals surface area (Å²) in [6.07, 6.45) is 10.4. The number of hydrogen-bond acceptors (Lipinski definition) is 1.